The van der Waals surface area contributed by atoms with Gasteiger partial charge in [-0.25, -0.2) is 0 Å². The molecule has 5 rings (SSSR count). The van der Waals surface area contributed by atoms with Gasteiger partial charge in [0, 0.05) is 43.4 Å². The molecule has 0 radical (unpaired) electrons. The molecule has 2 heterocycles. The molecule has 4 aromatic rings. The molecule has 1 atom stereocenters. The van der Waals surface area contributed by atoms with Crippen LogP contribution in [0.15, 0.2) is 96.4 Å². The normalized spacial score (nSPS) is 16.2. The van der Waals surface area contributed by atoms with Gasteiger partial charge in [0.15, 0.2) is 11.4 Å². The van der Waals surface area contributed by atoms with Crippen molar-refractivity contribution in [3.8, 4) is 0 Å². The summed E-state index contributed by atoms with van der Waals surface area (Å²) in [5.74, 6) is 0.0133. The summed E-state index contributed by atoms with van der Waals surface area (Å²) in [7, 11) is 1.66. The Balaban J connectivity index is 1.36. The Bertz CT molecular complexity index is 1300. The van der Waals surface area contributed by atoms with Gasteiger partial charge in [0.2, 0.25) is 0 Å². The first-order valence-corrected chi connectivity index (χ1v) is 12.7. The molecule has 1 unspecified atom stereocenters. The van der Waals surface area contributed by atoms with Gasteiger partial charge in [0.05, 0.1) is 0 Å². The molecule has 0 saturated heterocycles. The van der Waals surface area contributed by atoms with Crippen LogP contribution < -0.4 is 0 Å². The highest BCUT2D eigenvalue weighted by Crippen LogP contribution is 2.35. The maximum Gasteiger partial charge on any atom is 0.199 e. The number of carbonyl (C=O) groups excluding carboxylic acids is 1. The summed E-state index contributed by atoms with van der Waals surface area (Å²) in [4.78, 5) is 16.2. The van der Waals surface area contributed by atoms with Gasteiger partial charge in [0.25, 0.3) is 0 Å². The Kier molecular flexibility index (Phi) is 6.73. The molecular formula is C30H29NO2S. The molecule has 0 fully saturated rings. The number of nitrogens with zero attached hydrogens (tertiary/aromatic N) is 1. The zero-order valence-electron chi connectivity index (χ0n) is 19.4. The molecule has 3 aromatic carbocycles. The fraction of sp³-hybridized carbons (Fsp3) is 0.233. The topological polar surface area (TPSA) is 29.5 Å². The van der Waals surface area contributed by atoms with E-state index in [9.17, 15) is 4.79 Å². The molecule has 0 aliphatic carbocycles. The molecule has 0 amide bonds. The Morgan fingerprint density at radius 2 is 1.74 bits per heavy atom. The molecule has 1 aromatic heterocycles. The third-order valence-electron chi connectivity index (χ3n) is 6.89. The highest BCUT2D eigenvalue weighted by Gasteiger charge is 2.41. The monoisotopic (exact) mass is 467 g/mol. The number of carbonyl (C=O) groups is 1. The molecule has 0 saturated carbocycles. The highest BCUT2D eigenvalue weighted by molar-refractivity contribution is 7.17. The third-order valence-corrected chi connectivity index (χ3v) is 7.85. The molecular weight excluding hydrogens is 438 g/mol. The van der Waals surface area contributed by atoms with E-state index in [0.29, 0.717) is 12.0 Å². The Morgan fingerprint density at radius 1 is 0.971 bits per heavy atom. The summed E-state index contributed by atoms with van der Waals surface area (Å²) in [6.45, 7) is 2.64. The molecule has 1 aliphatic rings. The lowest BCUT2D eigenvalue weighted by Gasteiger charge is -2.35. The van der Waals surface area contributed by atoms with E-state index < -0.39 is 5.60 Å². The first-order chi connectivity index (χ1) is 16.7. The quantitative estimate of drug-likeness (QED) is 0.267. The number of rotatable bonds is 8. The summed E-state index contributed by atoms with van der Waals surface area (Å²) in [5, 5.41) is 3.49. The highest BCUT2D eigenvalue weighted by atomic mass is 32.1. The van der Waals surface area contributed by atoms with E-state index in [1.165, 1.54) is 21.2 Å². The van der Waals surface area contributed by atoms with Gasteiger partial charge in [0.1, 0.15) is 0 Å². The first-order valence-electron chi connectivity index (χ1n) is 11.8. The lowest BCUT2D eigenvalue weighted by atomic mass is 9.82. The number of thiophene rings is 1. The Morgan fingerprint density at radius 3 is 2.44 bits per heavy atom. The van der Waals surface area contributed by atoms with Crippen LogP contribution in [0.25, 0.3) is 15.7 Å². The van der Waals surface area contributed by atoms with Crippen LogP contribution in [-0.4, -0.2) is 37.4 Å². The smallest absolute Gasteiger partial charge is 0.199 e. The second-order valence-electron chi connectivity index (χ2n) is 8.77. The average molecular weight is 468 g/mol. The van der Waals surface area contributed by atoms with Crippen LogP contribution in [0.1, 0.15) is 34.3 Å². The minimum absolute atomic E-state index is 0.0133. The second-order valence-corrected chi connectivity index (χ2v) is 9.68. The van der Waals surface area contributed by atoms with Crippen molar-refractivity contribution in [3.63, 3.8) is 0 Å². The maximum absolute atomic E-state index is 13.8. The van der Waals surface area contributed by atoms with Crippen LogP contribution in [-0.2, 0) is 10.3 Å². The van der Waals surface area contributed by atoms with Crippen molar-refractivity contribution >= 4 is 32.8 Å². The summed E-state index contributed by atoms with van der Waals surface area (Å²) < 4.78 is 7.44. The van der Waals surface area contributed by atoms with Crippen molar-refractivity contribution < 1.29 is 9.53 Å². The van der Waals surface area contributed by atoms with Crippen molar-refractivity contribution in [3.05, 3.63) is 113 Å². The van der Waals surface area contributed by atoms with Crippen molar-refractivity contribution in [1.82, 2.24) is 4.90 Å². The number of benzene rings is 3. The van der Waals surface area contributed by atoms with Gasteiger partial charge < -0.3 is 4.74 Å². The molecule has 0 N–H and O–H groups in total. The summed E-state index contributed by atoms with van der Waals surface area (Å²) in [6.07, 6.45) is 3.97. The molecule has 0 spiro atoms. The lowest BCUT2D eigenvalue weighted by molar-refractivity contribution is -0.0112. The van der Waals surface area contributed by atoms with Crippen LogP contribution in [0, 0.1) is 0 Å². The van der Waals surface area contributed by atoms with E-state index in [-0.39, 0.29) is 5.78 Å². The van der Waals surface area contributed by atoms with Crippen molar-refractivity contribution in [2.45, 2.75) is 18.4 Å². The van der Waals surface area contributed by atoms with Crippen LogP contribution >= 0.6 is 11.3 Å². The first kappa shape index (κ1) is 22.7. The standard InChI is InChI=1S/C30H29NO2S/c1-33-30(26-12-6-3-7-13-26,29(32)25-9-4-2-5-10-25)18-21-31-19-15-23(16-20-31)27-14-8-11-24-17-22-34-28(24)27/h2-15,17,22H,16,18-21H2,1H3. The number of hydrogen-bond donors (Lipinski definition) is 0. The molecule has 1 aliphatic heterocycles. The maximum atomic E-state index is 13.8. The van der Waals surface area contributed by atoms with E-state index in [1.807, 2.05) is 72.0 Å². The second kappa shape index (κ2) is 10.1. The van der Waals surface area contributed by atoms with E-state index >= 15 is 0 Å². The zero-order chi connectivity index (χ0) is 23.4. The molecule has 3 nitrogen and oxygen atoms in total. The van der Waals surface area contributed by atoms with Crippen LogP contribution in [0.2, 0.25) is 0 Å². The molecule has 4 heteroatoms. The SMILES string of the molecule is COC(CCN1CC=C(c2cccc3ccsc23)CC1)(C(=O)c1ccccc1)c1ccccc1. The summed E-state index contributed by atoms with van der Waals surface area (Å²) in [5.41, 5.74) is 3.37. The fourth-order valence-corrected chi connectivity index (χ4v) is 5.90. The van der Waals surface area contributed by atoms with Crippen molar-refractivity contribution in [2.75, 3.05) is 26.7 Å². The Labute approximate surface area is 205 Å². The number of ketones is 1. The molecule has 0 bridgehead atoms. The summed E-state index contributed by atoms with van der Waals surface area (Å²) >= 11 is 1.82. The van der Waals surface area contributed by atoms with Gasteiger partial charge in [-0.1, -0.05) is 84.9 Å². The minimum atomic E-state index is -1.00. The number of Topliss-reactive ketones (excluding diaryl/α,β-unsaturated/α-hetero) is 1. The van der Waals surface area contributed by atoms with Crippen LogP contribution in [0.3, 0.4) is 0 Å². The van der Waals surface area contributed by atoms with Crippen molar-refractivity contribution in [1.29, 1.82) is 0 Å². The molecule has 34 heavy (non-hydrogen) atoms. The van der Waals surface area contributed by atoms with E-state index in [0.717, 1.165) is 31.6 Å². The third kappa shape index (κ3) is 4.37. The van der Waals surface area contributed by atoms with E-state index in [2.05, 4.69) is 40.6 Å². The fourth-order valence-electron chi connectivity index (χ4n) is 4.95. The van der Waals surface area contributed by atoms with Crippen LogP contribution in [0.4, 0.5) is 0 Å². The van der Waals surface area contributed by atoms with Crippen LogP contribution in [0.5, 0.6) is 0 Å². The number of methoxy groups -OCH3 is 1. The Hall–Kier alpha value is -3.05. The van der Waals surface area contributed by atoms with Crippen molar-refractivity contribution in [2.24, 2.45) is 0 Å². The van der Waals surface area contributed by atoms with Gasteiger partial charge in [-0.05, 0) is 40.0 Å². The average Bonchev–Trinajstić information content (AvgIpc) is 3.40. The number of hydrogen-bond acceptors (Lipinski definition) is 4. The van der Waals surface area contributed by atoms with E-state index in [1.54, 1.807) is 7.11 Å². The lowest BCUT2D eigenvalue weighted by Crippen LogP contribution is -2.42. The summed E-state index contributed by atoms with van der Waals surface area (Å²) in [6, 6.07) is 28.2. The van der Waals surface area contributed by atoms with Gasteiger partial charge in [-0.2, -0.15) is 0 Å². The largest absolute Gasteiger partial charge is 0.365 e. The minimum Gasteiger partial charge on any atom is -0.365 e. The van der Waals surface area contributed by atoms with Gasteiger partial charge in [-0.3, -0.25) is 9.69 Å². The van der Waals surface area contributed by atoms with Gasteiger partial charge in [-0.15, -0.1) is 11.3 Å². The predicted octanol–water partition coefficient (Wildman–Crippen LogP) is 6.81. The molecule has 172 valence electrons. The predicted molar refractivity (Wildman–Crippen MR) is 141 cm³/mol. The van der Waals surface area contributed by atoms with E-state index in [4.69, 9.17) is 4.74 Å². The number of fused-ring (bicyclic) bond motifs is 1. The number of ether oxygens (including phenoxy) is 1. The zero-order valence-corrected chi connectivity index (χ0v) is 20.3. The van der Waals surface area contributed by atoms with Gasteiger partial charge >= 0.3 is 0 Å².